The molecule has 0 aromatic rings. The van der Waals surface area contributed by atoms with Crippen molar-refractivity contribution < 1.29 is 19.1 Å². The highest BCUT2D eigenvalue weighted by Gasteiger charge is 2.79. The second-order valence-corrected chi connectivity index (χ2v) is 7.07. The Morgan fingerprint density at radius 1 is 1.33 bits per heavy atom. The minimum absolute atomic E-state index is 0.0240. The van der Waals surface area contributed by atoms with Crippen LogP contribution in [0.25, 0.3) is 0 Å². The molecule has 4 fully saturated rings. The molecule has 3 saturated carbocycles. The molecule has 5 atom stereocenters. The second-order valence-electron chi connectivity index (χ2n) is 7.07. The van der Waals surface area contributed by atoms with E-state index in [-0.39, 0.29) is 40.2 Å². The van der Waals surface area contributed by atoms with Gasteiger partial charge in [0.15, 0.2) is 0 Å². The summed E-state index contributed by atoms with van der Waals surface area (Å²) >= 11 is 0. The average molecular weight is 250 g/mol. The second kappa shape index (κ2) is 2.75. The molecule has 0 aromatic heterocycles. The maximum absolute atomic E-state index is 12.2. The zero-order valence-corrected chi connectivity index (χ0v) is 10.8. The third kappa shape index (κ3) is 0.895. The Bertz CT molecular complexity index is 472. The van der Waals surface area contributed by atoms with Gasteiger partial charge in [0.05, 0.1) is 18.4 Å². The van der Waals surface area contributed by atoms with Crippen molar-refractivity contribution in [2.45, 2.75) is 45.1 Å². The number of methoxy groups -OCH3 is 1. The van der Waals surface area contributed by atoms with E-state index in [1.165, 1.54) is 7.11 Å². The third-order valence-electron chi connectivity index (χ3n) is 6.30. The quantitative estimate of drug-likeness (QED) is 0.664. The van der Waals surface area contributed by atoms with Gasteiger partial charge in [-0.15, -0.1) is 0 Å². The molecule has 0 radical (unpaired) electrons. The summed E-state index contributed by atoms with van der Waals surface area (Å²) in [6, 6.07) is 0. The van der Waals surface area contributed by atoms with Crippen molar-refractivity contribution in [3.05, 3.63) is 0 Å². The number of esters is 2. The Balaban J connectivity index is 1.83. The van der Waals surface area contributed by atoms with Crippen LogP contribution < -0.4 is 0 Å². The predicted octanol–water partition coefficient (Wildman–Crippen LogP) is 1.67. The van der Waals surface area contributed by atoms with Crippen molar-refractivity contribution in [3.8, 4) is 0 Å². The maximum atomic E-state index is 12.2. The highest BCUT2D eigenvalue weighted by Crippen LogP contribution is 2.80. The van der Waals surface area contributed by atoms with Crippen molar-refractivity contribution in [1.82, 2.24) is 0 Å². The highest BCUT2D eigenvalue weighted by molar-refractivity contribution is 5.82. The van der Waals surface area contributed by atoms with Crippen LogP contribution in [0.1, 0.15) is 39.0 Å². The number of fused-ring (bicyclic) bond motifs is 2. The van der Waals surface area contributed by atoms with Crippen LogP contribution in [0.5, 0.6) is 0 Å². The average Bonchev–Trinajstić information content (AvgIpc) is 2.47. The lowest BCUT2D eigenvalue weighted by atomic mass is 9.43. The molecule has 1 heterocycles. The molecule has 1 aliphatic heterocycles. The third-order valence-corrected chi connectivity index (χ3v) is 6.30. The van der Waals surface area contributed by atoms with Crippen LogP contribution in [0, 0.1) is 22.2 Å². The van der Waals surface area contributed by atoms with Crippen LogP contribution >= 0.6 is 0 Å². The molecular weight excluding hydrogens is 232 g/mol. The zero-order chi connectivity index (χ0) is 12.8. The summed E-state index contributed by atoms with van der Waals surface area (Å²) < 4.78 is 10.5. The highest BCUT2D eigenvalue weighted by atomic mass is 16.5. The SMILES string of the molecule is COC(=O)C12CC3CC4(C1)C(CC4(C)C2)C(=O)O3. The van der Waals surface area contributed by atoms with Crippen molar-refractivity contribution >= 4 is 11.9 Å². The minimum atomic E-state index is -0.387. The topological polar surface area (TPSA) is 52.6 Å². The molecule has 0 amide bonds. The van der Waals surface area contributed by atoms with E-state index >= 15 is 0 Å². The van der Waals surface area contributed by atoms with Crippen molar-refractivity contribution in [1.29, 1.82) is 0 Å². The molecular formula is C14H18O4. The van der Waals surface area contributed by atoms with Gasteiger partial charge in [0, 0.05) is 6.42 Å². The first-order valence-corrected chi connectivity index (χ1v) is 6.74. The predicted molar refractivity (Wildman–Crippen MR) is 61.4 cm³/mol. The van der Waals surface area contributed by atoms with Gasteiger partial charge in [-0.2, -0.15) is 0 Å². The molecule has 3 bridgehead atoms. The fourth-order valence-electron chi connectivity index (χ4n) is 5.74. The number of carbonyl (C=O) groups is 2. The van der Waals surface area contributed by atoms with Crippen LogP contribution in [-0.2, 0) is 19.1 Å². The van der Waals surface area contributed by atoms with Gasteiger partial charge < -0.3 is 9.47 Å². The fourth-order valence-corrected chi connectivity index (χ4v) is 5.74. The zero-order valence-electron chi connectivity index (χ0n) is 10.8. The van der Waals surface area contributed by atoms with Crippen molar-refractivity contribution in [2.24, 2.45) is 22.2 Å². The van der Waals surface area contributed by atoms with Gasteiger partial charge in [0.2, 0.25) is 0 Å². The molecule has 4 heteroatoms. The van der Waals surface area contributed by atoms with E-state index in [1.54, 1.807) is 0 Å². The smallest absolute Gasteiger partial charge is 0.311 e. The normalized spacial score (nSPS) is 55.6. The van der Waals surface area contributed by atoms with Gasteiger partial charge in [-0.1, -0.05) is 6.92 Å². The first kappa shape index (κ1) is 10.8. The summed E-state index contributed by atoms with van der Waals surface area (Å²) in [4.78, 5) is 24.2. The Morgan fingerprint density at radius 3 is 2.83 bits per heavy atom. The Hall–Kier alpha value is -1.06. The van der Waals surface area contributed by atoms with E-state index < -0.39 is 0 Å². The fraction of sp³-hybridized carbons (Fsp3) is 0.857. The molecule has 1 spiro atoms. The number of hydrogen-bond donors (Lipinski definition) is 0. The van der Waals surface area contributed by atoms with Crippen LogP contribution in [0.3, 0.4) is 0 Å². The molecule has 18 heavy (non-hydrogen) atoms. The van der Waals surface area contributed by atoms with Gasteiger partial charge in [0.1, 0.15) is 6.10 Å². The lowest BCUT2D eigenvalue weighted by molar-refractivity contribution is -0.222. The molecule has 1 saturated heterocycles. The maximum Gasteiger partial charge on any atom is 0.311 e. The monoisotopic (exact) mass is 250 g/mol. The van der Waals surface area contributed by atoms with Gasteiger partial charge in [-0.3, -0.25) is 9.59 Å². The van der Waals surface area contributed by atoms with E-state index in [0.717, 1.165) is 25.7 Å². The van der Waals surface area contributed by atoms with Crippen LogP contribution in [-0.4, -0.2) is 25.2 Å². The van der Waals surface area contributed by atoms with Crippen LogP contribution in [0.15, 0.2) is 0 Å². The minimum Gasteiger partial charge on any atom is -0.469 e. The lowest BCUT2D eigenvalue weighted by Crippen LogP contribution is -2.62. The van der Waals surface area contributed by atoms with Gasteiger partial charge >= 0.3 is 11.9 Å². The lowest BCUT2D eigenvalue weighted by Gasteiger charge is -2.62. The molecule has 3 aliphatic carbocycles. The van der Waals surface area contributed by atoms with Crippen molar-refractivity contribution in [3.63, 3.8) is 0 Å². The van der Waals surface area contributed by atoms with Crippen molar-refractivity contribution in [2.75, 3.05) is 7.11 Å². The van der Waals surface area contributed by atoms with E-state index in [0.29, 0.717) is 6.42 Å². The summed E-state index contributed by atoms with van der Waals surface area (Å²) in [6.45, 7) is 2.25. The summed E-state index contributed by atoms with van der Waals surface area (Å²) in [5.41, 5.74) is -0.221. The summed E-state index contributed by atoms with van der Waals surface area (Å²) in [7, 11) is 1.46. The molecule has 5 unspecified atom stereocenters. The largest absolute Gasteiger partial charge is 0.469 e. The number of carbonyl (C=O) groups excluding carboxylic acids is 2. The Morgan fingerprint density at radius 2 is 2.11 bits per heavy atom. The standard InChI is InChI=1S/C14H18O4/c1-12-5-9-10(15)18-8-3-13(6-12,11(16)17-2)7-14(9,12)4-8/h8-9H,3-7H2,1-2H3. The summed E-state index contributed by atoms with van der Waals surface area (Å²) in [5.74, 6) is -0.0893. The number of rotatable bonds is 1. The van der Waals surface area contributed by atoms with Gasteiger partial charge in [0.25, 0.3) is 0 Å². The Kier molecular flexibility index (Phi) is 1.66. The molecule has 4 nitrogen and oxygen atoms in total. The summed E-state index contributed by atoms with van der Waals surface area (Å²) in [6.07, 6.45) is 4.14. The van der Waals surface area contributed by atoms with E-state index in [1.807, 2.05) is 0 Å². The van der Waals surface area contributed by atoms with Crippen LogP contribution in [0.2, 0.25) is 0 Å². The molecule has 4 rings (SSSR count). The first-order valence-electron chi connectivity index (χ1n) is 6.74. The Labute approximate surface area is 106 Å². The first-order chi connectivity index (χ1) is 8.45. The van der Waals surface area contributed by atoms with Gasteiger partial charge in [-0.25, -0.2) is 0 Å². The summed E-state index contributed by atoms with van der Waals surface area (Å²) in [5, 5.41) is 0. The molecule has 4 aliphatic rings. The van der Waals surface area contributed by atoms with Gasteiger partial charge in [-0.05, 0) is 36.5 Å². The van der Waals surface area contributed by atoms with E-state index in [9.17, 15) is 9.59 Å². The number of hydrogen-bond acceptors (Lipinski definition) is 4. The molecule has 0 N–H and O–H groups in total. The number of ether oxygens (including phenoxy) is 2. The van der Waals surface area contributed by atoms with E-state index in [2.05, 4.69) is 6.92 Å². The van der Waals surface area contributed by atoms with E-state index in [4.69, 9.17) is 9.47 Å². The van der Waals surface area contributed by atoms with Crippen LogP contribution in [0.4, 0.5) is 0 Å². The molecule has 0 aromatic carbocycles. The molecule has 98 valence electrons.